The lowest BCUT2D eigenvalue weighted by molar-refractivity contribution is 0.558. The van der Waals surface area contributed by atoms with Crippen molar-refractivity contribution in [2.75, 3.05) is 0 Å². The second-order valence-electron chi connectivity index (χ2n) is 4.74. The van der Waals surface area contributed by atoms with Gasteiger partial charge in [0.1, 0.15) is 0 Å². The topological polar surface area (TPSA) is 126 Å². The molecule has 0 unspecified atom stereocenters. The Balaban J connectivity index is 2.27. The molecule has 0 aliphatic rings. The Hall–Kier alpha value is -1.79. The zero-order chi connectivity index (χ0) is 18.0. The van der Waals surface area contributed by atoms with Gasteiger partial charge in [-0.2, -0.15) is 8.42 Å². The van der Waals surface area contributed by atoms with Crippen molar-refractivity contribution in [3.8, 4) is 0 Å². The molecule has 0 aliphatic heterocycles. The molecule has 0 radical (unpaired) electrons. The highest BCUT2D eigenvalue weighted by atomic mass is 33.2. The summed E-state index contributed by atoms with van der Waals surface area (Å²) in [7, 11) is -14.1. The van der Waals surface area contributed by atoms with Gasteiger partial charge < -0.3 is 0 Å². The summed E-state index contributed by atoms with van der Waals surface area (Å²) in [4.78, 5) is 2.26. The third-order valence-corrected chi connectivity index (χ3v) is 8.69. The lowest BCUT2D eigenvalue weighted by atomic mass is 10.2. The molecule has 11 heteroatoms. The number of nitrogens with one attached hydrogen (secondary N) is 2. The molecular formula is C13H14N2O6S3. The van der Waals surface area contributed by atoms with E-state index >= 15 is 0 Å². The molecule has 0 saturated carbocycles. The van der Waals surface area contributed by atoms with Crippen LogP contribution in [0.4, 0.5) is 0 Å². The van der Waals surface area contributed by atoms with Gasteiger partial charge in [0, 0.05) is 0 Å². The molecule has 0 bridgehead atoms. The average Bonchev–Trinajstić information content (AvgIpc) is 2.54. The van der Waals surface area contributed by atoms with Crippen LogP contribution < -0.4 is 9.66 Å². The minimum absolute atomic E-state index is 0.222. The first kappa shape index (κ1) is 18.5. The van der Waals surface area contributed by atoms with Crippen molar-refractivity contribution in [3.05, 3.63) is 60.2 Å². The fraction of sp³-hybridized carbons (Fsp3) is 0.0769. The molecule has 2 aromatic carbocycles. The fourth-order valence-electron chi connectivity index (χ4n) is 1.65. The van der Waals surface area contributed by atoms with Gasteiger partial charge in [0.15, 0.2) is 0 Å². The van der Waals surface area contributed by atoms with E-state index in [2.05, 4.69) is 0 Å². The standard InChI is InChI=1S/C13H14N2O6S3/c1-11-7-9-13(10-8-11)23(18,19)24(20,21)15-14-22(16,17)12-5-3-2-4-6-12/h2-10,14-15H,1H3. The molecule has 0 atom stereocenters. The van der Waals surface area contributed by atoms with Crippen LogP contribution in [0.1, 0.15) is 5.56 Å². The van der Waals surface area contributed by atoms with Crippen molar-refractivity contribution >= 4 is 27.9 Å². The SMILES string of the molecule is Cc1ccc(S(=O)(=O)S(=O)(=O)NNS(=O)(=O)c2ccccc2)cc1. The molecule has 0 aliphatic carbocycles. The summed E-state index contributed by atoms with van der Waals surface area (Å²) in [6.45, 7) is 1.71. The maximum Gasteiger partial charge on any atom is 0.335 e. The zero-order valence-corrected chi connectivity index (χ0v) is 14.8. The van der Waals surface area contributed by atoms with Crippen LogP contribution in [0.2, 0.25) is 0 Å². The molecule has 2 aromatic rings. The minimum atomic E-state index is -5.03. The van der Waals surface area contributed by atoms with Crippen molar-refractivity contribution in [1.29, 1.82) is 0 Å². The van der Waals surface area contributed by atoms with Gasteiger partial charge in [-0.05, 0) is 31.2 Å². The number of rotatable bonds is 6. The summed E-state index contributed by atoms with van der Waals surface area (Å²) in [6.07, 6.45) is 0. The molecule has 2 N–H and O–H groups in total. The van der Waals surface area contributed by atoms with Gasteiger partial charge in [-0.15, -0.1) is 9.66 Å². The van der Waals surface area contributed by atoms with Gasteiger partial charge in [-0.3, -0.25) is 0 Å². The number of hydrogen-bond acceptors (Lipinski definition) is 6. The van der Waals surface area contributed by atoms with Crippen molar-refractivity contribution in [3.63, 3.8) is 0 Å². The van der Waals surface area contributed by atoms with E-state index in [9.17, 15) is 25.3 Å². The van der Waals surface area contributed by atoms with E-state index < -0.39 is 32.8 Å². The van der Waals surface area contributed by atoms with E-state index in [-0.39, 0.29) is 4.90 Å². The number of hydrazine groups is 1. The molecule has 0 amide bonds. The number of benzene rings is 2. The molecule has 0 fully saturated rings. The smallest absolute Gasteiger partial charge is 0.206 e. The minimum Gasteiger partial charge on any atom is -0.206 e. The second kappa shape index (κ2) is 6.61. The lowest BCUT2D eigenvalue weighted by Gasteiger charge is -2.10. The average molecular weight is 390 g/mol. The van der Waals surface area contributed by atoms with Crippen LogP contribution in [-0.2, 0) is 27.9 Å². The number of aryl methyl sites for hydroxylation is 1. The maximum absolute atomic E-state index is 12.1. The summed E-state index contributed by atoms with van der Waals surface area (Å²) in [5.74, 6) is 0. The van der Waals surface area contributed by atoms with Crippen LogP contribution in [-0.4, -0.2) is 25.3 Å². The lowest BCUT2D eigenvalue weighted by Crippen LogP contribution is -2.44. The van der Waals surface area contributed by atoms with E-state index in [0.29, 0.717) is 0 Å². The Morgan fingerprint density at radius 2 is 1.21 bits per heavy atom. The summed E-state index contributed by atoms with van der Waals surface area (Å²) in [6, 6.07) is 12.0. The van der Waals surface area contributed by atoms with Crippen molar-refractivity contribution in [2.24, 2.45) is 0 Å². The number of sulfonamides is 1. The summed E-state index contributed by atoms with van der Waals surface area (Å²) in [5, 5.41) is 0. The molecule has 130 valence electrons. The van der Waals surface area contributed by atoms with E-state index in [1.807, 2.05) is 0 Å². The Labute approximate surface area is 139 Å². The van der Waals surface area contributed by atoms with E-state index in [0.717, 1.165) is 17.7 Å². The fourth-order valence-corrected chi connectivity index (χ4v) is 5.69. The van der Waals surface area contributed by atoms with Crippen molar-refractivity contribution in [1.82, 2.24) is 9.66 Å². The monoisotopic (exact) mass is 390 g/mol. The first-order chi connectivity index (χ1) is 11.1. The second-order valence-corrected chi connectivity index (χ2v) is 11.5. The summed E-state index contributed by atoms with van der Waals surface area (Å²) >= 11 is 0. The number of hydrogen-bond donors (Lipinski definition) is 2. The highest BCUT2D eigenvalue weighted by Crippen LogP contribution is 2.16. The van der Waals surface area contributed by atoms with Crippen molar-refractivity contribution < 1.29 is 25.3 Å². The zero-order valence-electron chi connectivity index (χ0n) is 12.4. The van der Waals surface area contributed by atoms with Crippen molar-refractivity contribution in [2.45, 2.75) is 16.7 Å². The maximum atomic E-state index is 12.1. The Kier molecular flexibility index (Phi) is 5.11. The van der Waals surface area contributed by atoms with Gasteiger partial charge in [0.25, 0.3) is 18.9 Å². The normalized spacial score (nSPS) is 12.9. The third-order valence-electron chi connectivity index (χ3n) is 2.95. The first-order valence-corrected chi connectivity index (χ1v) is 11.4. The van der Waals surface area contributed by atoms with E-state index in [1.165, 1.54) is 41.2 Å². The molecule has 24 heavy (non-hydrogen) atoms. The Bertz CT molecular complexity index is 1030. The van der Waals surface area contributed by atoms with Gasteiger partial charge >= 0.3 is 9.06 Å². The predicted octanol–water partition coefficient (Wildman–Crippen LogP) is 0.497. The van der Waals surface area contributed by atoms with Crippen LogP contribution in [0.15, 0.2) is 64.4 Å². The highest BCUT2D eigenvalue weighted by Gasteiger charge is 2.33. The molecular weight excluding hydrogens is 376 g/mol. The van der Waals surface area contributed by atoms with Crippen LogP contribution in [0, 0.1) is 6.92 Å². The van der Waals surface area contributed by atoms with E-state index in [1.54, 1.807) is 17.8 Å². The molecule has 0 saturated heterocycles. The molecule has 0 heterocycles. The highest BCUT2D eigenvalue weighted by molar-refractivity contribution is 8.66. The van der Waals surface area contributed by atoms with Crippen LogP contribution in [0.25, 0.3) is 0 Å². The van der Waals surface area contributed by atoms with Crippen LogP contribution >= 0.6 is 0 Å². The molecule has 2 rings (SSSR count). The van der Waals surface area contributed by atoms with Gasteiger partial charge in [0.05, 0.1) is 9.79 Å². The molecule has 0 aromatic heterocycles. The summed E-state index contributed by atoms with van der Waals surface area (Å²) < 4.78 is 72.2. The Morgan fingerprint density at radius 1 is 0.667 bits per heavy atom. The Morgan fingerprint density at radius 3 is 1.75 bits per heavy atom. The predicted molar refractivity (Wildman–Crippen MR) is 87.2 cm³/mol. The van der Waals surface area contributed by atoms with Gasteiger partial charge in [-0.1, -0.05) is 35.9 Å². The van der Waals surface area contributed by atoms with Crippen LogP contribution in [0.5, 0.6) is 0 Å². The van der Waals surface area contributed by atoms with Gasteiger partial charge in [0.2, 0.25) is 0 Å². The first-order valence-electron chi connectivity index (χ1n) is 6.47. The largest absolute Gasteiger partial charge is 0.335 e. The van der Waals surface area contributed by atoms with Crippen LogP contribution in [0.3, 0.4) is 0 Å². The summed E-state index contributed by atoms with van der Waals surface area (Å²) in [5.41, 5.74) is 0.740. The quantitative estimate of drug-likeness (QED) is 0.546. The molecule has 8 nitrogen and oxygen atoms in total. The van der Waals surface area contributed by atoms with E-state index in [4.69, 9.17) is 0 Å². The third kappa shape index (κ3) is 3.82. The van der Waals surface area contributed by atoms with Gasteiger partial charge in [-0.25, -0.2) is 16.8 Å². The molecule has 0 spiro atoms.